The maximum Gasteiger partial charge on any atom is 0.331 e. The number of aryl methyl sites for hydroxylation is 1. The van der Waals surface area contributed by atoms with Crippen LogP contribution in [0.4, 0.5) is 0 Å². The van der Waals surface area contributed by atoms with Gasteiger partial charge in [0.15, 0.2) is 6.61 Å². The molecule has 5 heteroatoms. The lowest BCUT2D eigenvalue weighted by molar-refractivity contribution is -0.136. The van der Waals surface area contributed by atoms with Crippen molar-refractivity contribution >= 4 is 28.7 Å². The van der Waals surface area contributed by atoms with Gasteiger partial charge in [0.2, 0.25) is 5.78 Å². The fourth-order valence-electron chi connectivity index (χ4n) is 3.07. The van der Waals surface area contributed by atoms with Gasteiger partial charge in [-0.05, 0) is 31.1 Å². The van der Waals surface area contributed by atoms with Crippen LogP contribution in [0.5, 0.6) is 5.75 Å². The molecule has 0 aliphatic carbocycles. The number of Topliss-reactive ketones (excluding diaryl/α,β-unsaturated/α-hetero) is 1. The van der Waals surface area contributed by atoms with Crippen molar-refractivity contribution in [3.8, 4) is 5.75 Å². The van der Waals surface area contributed by atoms with Crippen molar-refractivity contribution in [1.29, 1.82) is 0 Å². The molecule has 3 aromatic rings. The smallest absolute Gasteiger partial charge is 0.331 e. The van der Waals surface area contributed by atoms with Crippen LogP contribution in [0.15, 0.2) is 54.7 Å². The van der Waals surface area contributed by atoms with Gasteiger partial charge in [0.1, 0.15) is 5.75 Å². The Bertz CT molecular complexity index is 1020. The van der Waals surface area contributed by atoms with E-state index in [1.54, 1.807) is 12.3 Å². The third-order valence-electron chi connectivity index (χ3n) is 4.45. The number of H-pyrrole nitrogens is 1. The van der Waals surface area contributed by atoms with E-state index in [0.717, 1.165) is 28.5 Å². The highest BCUT2D eigenvalue weighted by atomic mass is 16.5. The van der Waals surface area contributed by atoms with Crippen molar-refractivity contribution in [2.75, 3.05) is 13.2 Å². The minimum atomic E-state index is -0.575. The summed E-state index contributed by atoms with van der Waals surface area (Å²) in [6.07, 6.45) is 5.47. The van der Waals surface area contributed by atoms with Crippen LogP contribution in [0.3, 0.4) is 0 Å². The number of benzene rings is 2. The van der Waals surface area contributed by atoms with Gasteiger partial charge in [-0.1, -0.05) is 43.3 Å². The first-order valence-electron chi connectivity index (χ1n) is 9.32. The molecule has 5 nitrogen and oxygen atoms in total. The van der Waals surface area contributed by atoms with Crippen LogP contribution in [0.25, 0.3) is 17.0 Å². The molecule has 0 radical (unpaired) electrons. The number of aromatic nitrogens is 1. The fourth-order valence-corrected chi connectivity index (χ4v) is 3.07. The highest BCUT2D eigenvalue weighted by Gasteiger charge is 2.15. The second kappa shape index (κ2) is 9.04. The SMILES string of the molecule is CCOc1ccccc1/C=C/C(=O)OCC(=O)c1c[nH]c2c(CC)cccc12. The Hall–Kier alpha value is -3.34. The van der Waals surface area contributed by atoms with Crippen LogP contribution in [0.2, 0.25) is 0 Å². The number of carbonyl (C=O) groups is 2. The number of fused-ring (bicyclic) bond motifs is 1. The average Bonchev–Trinajstić information content (AvgIpc) is 3.16. The van der Waals surface area contributed by atoms with Crippen LogP contribution in [-0.2, 0) is 16.0 Å². The van der Waals surface area contributed by atoms with Crippen molar-refractivity contribution in [3.63, 3.8) is 0 Å². The summed E-state index contributed by atoms with van der Waals surface area (Å²) in [5.74, 6) is -0.125. The molecule has 2 aromatic carbocycles. The predicted octanol–water partition coefficient (Wildman–Crippen LogP) is 4.57. The third kappa shape index (κ3) is 4.31. The summed E-state index contributed by atoms with van der Waals surface area (Å²) in [4.78, 5) is 27.7. The number of ether oxygens (including phenoxy) is 2. The molecule has 1 aromatic heterocycles. The summed E-state index contributed by atoms with van der Waals surface area (Å²) < 4.78 is 10.6. The summed E-state index contributed by atoms with van der Waals surface area (Å²) >= 11 is 0. The number of rotatable bonds is 8. The van der Waals surface area contributed by atoms with Gasteiger partial charge in [0, 0.05) is 34.3 Å². The van der Waals surface area contributed by atoms with Crippen molar-refractivity contribution in [2.45, 2.75) is 20.3 Å². The molecule has 1 heterocycles. The molecule has 0 bridgehead atoms. The maximum atomic E-state index is 12.5. The van der Waals surface area contributed by atoms with E-state index in [4.69, 9.17) is 9.47 Å². The minimum Gasteiger partial charge on any atom is -0.493 e. The van der Waals surface area contributed by atoms with Crippen LogP contribution in [0, 0.1) is 0 Å². The molecule has 0 saturated heterocycles. The van der Waals surface area contributed by atoms with E-state index in [0.29, 0.717) is 17.9 Å². The highest BCUT2D eigenvalue weighted by Crippen LogP contribution is 2.23. The molecule has 3 rings (SSSR count). The predicted molar refractivity (Wildman–Crippen MR) is 110 cm³/mol. The first-order chi connectivity index (χ1) is 13.6. The summed E-state index contributed by atoms with van der Waals surface area (Å²) in [5, 5.41) is 0.849. The van der Waals surface area contributed by atoms with Gasteiger partial charge >= 0.3 is 5.97 Å². The van der Waals surface area contributed by atoms with Gasteiger partial charge < -0.3 is 14.5 Å². The van der Waals surface area contributed by atoms with Gasteiger partial charge in [0.25, 0.3) is 0 Å². The number of hydrogen-bond donors (Lipinski definition) is 1. The van der Waals surface area contributed by atoms with Crippen LogP contribution in [0.1, 0.15) is 35.3 Å². The first kappa shape index (κ1) is 19.4. The van der Waals surface area contributed by atoms with E-state index in [1.807, 2.05) is 49.4 Å². The Balaban J connectivity index is 1.64. The number of para-hydroxylation sites is 2. The Kier molecular flexibility index (Phi) is 6.27. The average molecular weight is 377 g/mol. The zero-order valence-electron chi connectivity index (χ0n) is 16.0. The first-order valence-corrected chi connectivity index (χ1v) is 9.32. The fraction of sp³-hybridized carbons (Fsp3) is 0.217. The normalized spacial score (nSPS) is 11.1. The van der Waals surface area contributed by atoms with Crippen LogP contribution >= 0.6 is 0 Å². The number of aromatic amines is 1. The number of esters is 1. The highest BCUT2D eigenvalue weighted by molar-refractivity contribution is 6.09. The van der Waals surface area contributed by atoms with Crippen molar-refractivity contribution in [3.05, 3.63) is 71.4 Å². The molecule has 0 amide bonds. The van der Waals surface area contributed by atoms with E-state index in [1.165, 1.54) is 6.08 Å². The lowest BCUT2D eigenvalue weighted by Crippen LogP contribution is -2.12. The van der Waals surface area contributed by atoms with E-state index in [9.17, 15) is 9.59 Å². The molecule has 0 fully saturated rings. The minimum absolute atomic E-state index is 0.240. The van der Waals surface area contributed by atoms with Crippen molar-refractivity contribution in [1.82, 2.24) is 4.98 Å². The molecule has 1 N–H and O–H groups in total. The molecule has 0 unspecified atom stereocenters. The molecule has 0 atom stereocenters. The van der Waals surface area contributed by atoms with E-state index >= 15 is 0 Å². The van der Waals surface area contributed by atoms with Crippen molar-refractivity contribution < 1.29 is 19.1 Å². The van der Waals surface area contributed by atoms with Gasteiger partial charge in [-0.15, -0.1) is 0 Å². The van der Waals surface area contributed by atoms with E-state index in [2.05, 4.69) is 11.9 Å². The summed E-state index contributed by atoms with van der Waals surface area (Å²) in [5.41, 5.74) is 3.40. The summed E-state index contributed by atoms with van der Waals surface area (Å²) in [6.45, 7) is 4.19. The number of nitrogens with one attached hydrogen (secondary N) is 1. The number of hydrogen-bond acceptors (Lipinski definition) is 4. The quantitative estimate of drug-likeness (QED) is 0.355. The molecule has 0 aliphatic rings. The molecular weight excluding hydrogens is 354 g/mol. The Morgan fingerprint density at radius 1 is 1.07 bits per heavy atom. The molecular formula is C23H23NO4. The van der Waals surface area contributed by atoms with E-state index < -0.39 is 5.97 Å². The second-order valence-electron chi connectivity index (χ2n) is 6.23. The zero-order valence-corrected chi connectivity index (χ0v) is 16.0. The largest absolute Gasteiger partial charge is 0.493 e. The van der Waals surface area contributed by atoms with Gasteiger partial charge in [-0.25, -0.2) is 4.79 Å². The second-order valence-corrected chi connectivity index (χ2v) is 6.23. The monoisotopic (exact) mass is 377 g/mol. The topological polar surface area (TPSA) is 68.4 Å². The van der Waals surface area contributed by atoms with Crippen LogP contribution < -0.4 is 4.74 Å². The third-order valence-corrected chi connectivity index (χ3v) is 4.45. The van der Waals surface area contributed by atoms with Crippen molar-refractivity contribution in [2.24, 2.45) is 0 Å². The van der Waals surface area contributed by atoms with Gasteiger partial charge in [-0.3, -0.25) is 4.79 Å². The van der Waals surface area contributed by atoms with Crippen LogP contribution in [-0.4, -0.2) is 30.0 Å². The standard InChI is InChI=1S/C23H23NO4/c1-3-16-9-7-10-18-19(14-24-23(16)18)20(25)15-28-22(26)13-12-17-8-5-6-11-21(17)27-4-2/h5-14,24H,3-4,15H2,1-2H3/b13-12+. The van der Waals surface area contributed by atoms with E-state index in [-0.39, 0.29) is 12.4 Å². The maximum absolute atomic E-state index is 12.5. The molecule has 0 spiro atoms. The summed E-state index contributed by atoms with van der Waals surface area (Å²) in [6, 6.07) is 13.2. The molecule has 144 valence electrons. The Morgan fingerprint density at radius 2 is 1.89 bits per heavy atom. The molecule has 0 aliphatic heterocycles. The lowest BCUT2D eigenvalue weighted by Gasteiger charge is -2.06. The zero-order chi connectivity index (χ0) is 19.9. The Morgan fingerprint density at radius 3 is 2.68 bits per heavy atom. The summed E-state index contributed by atoms with van der Waals surface area (Å²) in [7, 11) is 0. The Labute approximate surface area is 164 Å². The number of ketones is 1. The lowest BCUT2D eigenvalue weighted by atomic mass is 10.1. The van der Waals surface area contributed by atoms with Gasteiger partial charge in [0.05, 0.1) is 6.61 Å². The molecule has 28 heavy (non-hydrogen) atoms. The van der Waals surface area contributed by atoms with Gasteiger partial charge in [-0.2, -0.15) is 0 Å². The number of carbonyl (C=O) groups excluding carboxylic acids is 2. The molecule has 0 saturated carbocycles.